The molecule has 4 heteroatoms. The smallest absolute Gasteiger partial charge is 0.135 e. The number of nitrogens with one attached hydrogen (secondary N) is 1. The van der Waals surface area contributed by atoms with E-state index in [1.165, 1.54) is 12.8 Å². The van der Waals surface area contributed by atoms with Crippen molar-refractivity contribution in [2.75, 3.05) is 11.9 Å². The zero-order valence-electron chi connectivity index (χ0n) is 11.8. The Bertz CT molecular complexity index is 408. The molecule has 1 N–H and O–H groups in total. The molecule has 0 atom stereocenters. The van der Waals surface area contributed by atoms with Crippen molar-refractivity contribution in [3.05, 3.63) is 11.9 Å². The van der Waals surface area contributed by atoms with Gasteiger partial charge in [-0.15, -0.1) is 11.8 Å². The van der Waals surface area contributed by atoms with Crippen LogP contribution in [-0.2, 0) is 0 Å². The first-order chi connectivity index (χ1) is 8.48. The summed E-state index contributed by atoms with van der Waals surface area (Å²) >= 11 is 1.82. The lowest BCUT2D eigenvalue weighted by Gasteiger charge is -2.18. The Labute approximate surface area is 114 Å². The molecule has 2 rings (SSSR count). The molecule has 3 nitrogen and oxygen atoms in total. The Kier molecular flexibility index (Phi) is 4.15. The molecule has 1 aromatic rings. The molecule has 100 valence electrons. The largest absolute Gasteiger partial charge is 0.370 e. The summed E-state index contributed by atoms with van der Waals surface area (Å²) in [6.07, 6.45) is 3.61. The third kappa shape index (κ3) is 4.16. The van der Waals surface area contributed by atoms with E-state index in [-0.39, 0.29) is 4.75 Å². The maximum atomic E-state index is 4.70. The number of hydrogen-bond acceptors (Lipinski definition) is 4. The van der Waals surface area contributed by atoms with Gasteiger partial charge in [-0.25, -0.2) is 9.97 Å². The van der Waals surface area contributed by atoms with Crippen molar-refractivity contribution < 1.29 is 0 Å². The van der Waals surface area contributed by atoms with Gasteiger partial charge in [-0.1, -0.05) is 27.7 Å². The van der Waals surface area contributed by atoms with Crippen molar-refractivity contribution >= 4 is 17.6 Å². The van der Waals surface area contributed by atoms with Gasteiger partial charge in [0.05, 0.1) is 0 Å². The van der Waals surface area contributed by atoms with E-state index < -0.39 is 0 Å². The van der Waals surface area contributed by atoms with Gasteiger partial charge in [-0.3, -0.25) is 0 Å². The minimum Gasteiger partial charge on any atom is -0.370 e. The highest BCUT2D eigenvalue weighted by Gasteiger charge is 2.28. The van der Waals surface area contributed by atoms with Gasteiger partial charge in [0.2, 0.25) is 0 Å². The van der Waals surface area contributed by atoms with Crippen molar-refractivity contribution in [3.8, 4) is 0 Å². The maximum absolute atomic E-state index is 4.70. The van der Waals surface area contributed by atoms with Crippen molar-refractivity contribution in [3.63, 3.8) is 0 Å². The van der Waals surface area contributed by atoms with Gasteiger partial charge in [0, 0.05) is 23.3 Å². The number of thioether (sulfide) groups is 1. The van der Waals surface area contributed by atoms with E-state index >= 15 is 0 Å². The number of nitrogens with zero attached hydrogens (tertiary/aromatic N) is 2. The summed E-state index contributed by atoms with van der Waals surface area (Å²) in [6.45, 7) is 9.79. The molecule has 0 amide bonds. The molecule has 0 spiro atoms. The number of aromatic nitrogens is 2. The van der Waals surface area contributed by atoms with Gasteiger partial charge in [0.15, 0.2) is 0 Å². The molecule has 1 fully saturated rings. The van der Waals surface area contributed by atoms with Crippen LogP contribution < -0.4 is 5.32 Å². The highest BCUT2D eigenvalue weighted by Crippen LogP contribution is 2.40. The second-order valence-electron chi connectivity index (χ2n) is 5.87. The molecular formula is C14H23N3S. The zero-order valence-corrected chi connectivity index (χ0v) is 12.6. The molecular weight excluding hydrogens is 242 g/mol. The Morgan fingerprint density at radius 1 is 1.33 bits per heavy atom. The van der Waals surface area contributed by atoms with Gasteiger partial charge in [0.25, 0.3) is 0 Å². The van der Waals surface area contributed by atoms with Gasteiger partial charge in [-0.05, 0) is 19.3 Å². The van der Waals surface area contributed by atoms with Crippen LogP contribution in [0.2, 0.25) is 0 Å². The Balaban J connectivity index is 2.19. The summed E-state index contributed by atoms with van der Waals surface area (Å²) in [6, 6.07) is 2.08. The standard InChI is InChI=1S/C14H23N3S/c1-5-8-15-11-9-12(18-14(2,3)4)17-13(16-11)10-6-7-10/h9-10H,5-8H2,1-4H3,(H,15,16,17). The van der Waals surface area contributed by atoms with Crippen molar-refractivity contribution in [1.82, 2.24) is 9.97 Å². The molecule has 1 aromatic heterocycles. The lowest BCUT2D eigenvalue weighted by Crippen LogP contribution is -2.10. The minimum absolute atomic E-state index is 0.192. The monoisotopic (exact) mass is 265 g/mol. The third-order valence-electron chi connectivity index (χ3n) is 2.63. The van der Waals surface area contributed by atoms with Gasteiger partial charge >= 0.3 is 0 Å². The van der Waals surface area contributed by atoms with Crippen molar-refractivity contribution in [2.45, 2.75) is 62.6 Å². The summed E-state index contributed by atoms with van der Waals surface area (Å²) in [7, 11) is 0. The SMILES string of the molecule is CCCNc1cc(SC(C)(C)C)nc(C2CC2)n1. The van der Waals surface area contributed by atoms with Crippen LogP contribution in [0.3, 0.4) is 0 Å². The summed E-state index contributed by atoms with van der Waals surface area (Å²) < 4.78 is 0.192. The van der Waals surface area contributed by atoms with Crippen LogP contribution in [0.5, 0.6) is 0 Å². The second kappa shape index (κ2) is 5.47. The summed E-state index contributed by atoms with van der Waals surface area (Å²) in [4.78, 5) is 9.33. The molecule has 1 aliphatic rings. The van der Waals surface area contributed by atoms with Gasteiger partial charge in [0.1, 0.15) is 16.7 Å². The summed E-state index contributed by atoms with van der Waals surface area (Å²) in [5, 5.41) is 4.47. The second-order valence-corrected chi connectivity index (χ2v) is 7.71. The van der Waals surface area contributed by atoms with E-state index in [4.69, 9.17) is 4.98 Å². The first-order valence-corrected chi connectivity index (χ1v) is 7.61. The number of hydrogen-bond donors (Lipinski definition) is 1. The molecule has 0 radical (unpaired) electrons. The van der Waals surface area contributed by atoms with Crippen LogP contribution in [0.15, 0.2) is 11.1 Å². The fourth-order valence-corrected chi connectivity index (χ4v) is 2.61. The predicted octanol–water partition coefficient (Wildman–Crippen LogP) is 4.07. The van der Waals surface area contributed by atoms with Crippen molar-refractivity contribution in [1.29, 1.82) is 0 Å². The Morgan fingerprint density at radius 2 is 2.06 bits per heavy atom. The topological polar surface area (TPSA) is 37.8 Å². The van der Waals surface area contributed by atoms with Gasteiger partial charge < -0.3 is 5.32 Å². The summed E-state index contributed by atoms with van der Waals surface area (Å²) in [5.74, 6) is 2.62. The molecule has 18 heavy (non-hydrogen) atoms. The van der Waals surface area contributed by atoms with E-state index in [0.29, 0.717) is 5.92 Å². The normalized spacial score (nSPS) is 15.8. The molecule has 0 aromatic carbocycles. The van der Waals surface area contributed by atoms with E-state index in [2.05, 4.69) is 44.1 Å². The van der Waals surface area contributed by atoms with E-state index in [1.54, 1.807) is 0 Å². The average Bonchev–Trinajstić information content (AvgIpc) is 3.07. The van der Waals surface area contributed by atoms with E-state index in [1.807, 2.05) is 11.8 Å². The quantitative estimate of drug-likeness (QED) is 0.643. The summed E-state index contributed by atoms with van der Waals surface area (Å²) in [5.41, 5.74) is 0. The highest BCUT2D eigenvalue weighted by molar-refractivity contribution is 8.00. The molecule has 0 saturated heterocycles. The van der Waals surface area contributed by atoms with E-state index in [9.17, 15) is 0 Å². The van der Waals surface area contributed by atoms with Gasteiger partial charge in [-0.2, -0.15) is 0 Å². The molecule has 1 aliphatic carbocycles. The molecule has 0 aliphatic heterocycles. The Morgan fingerprint density at radius 3 is 2.61 bits per heavy atom. The molecule has 1 saturated carbocycles. The first-order valence-electron chi connectivity index (χ1n) is 6.80. The zero-order chi connectivity index (χ0) is 13.2. The van der Waals surface area contributed by atoms with Crippen LogP contribution in [0.1, 0.15) is 58.7 Å². The van der Waals surface area contributed by atoms with E-state index in [0.717, 1.165) is 29.6 Å². The molecule has 0 unspecified atom stereocenters. The lowest BCUT2D eigenvalue weighted by atomic mass is 10.3. The fraction of sp³-hybridized carbons (Fsp3) is 0.714. The van der Waals surface area contributed by atoms with Crippen LogP contribution in [0.4, 0.5) is 5.82 Å². The fourth-order valence-electron chi connectivity index (χ4n) is 1.68. The van der Waals surface area contributed by atoms with Crippen LogP contribution in [0.25, 0.3) is 0 Å². The third-order valence-corrected chi connectivity index (χ3v) is 3.66. The predicted molar refractivity (Wildman–Crippen MR) is 78.4 cm³/mol. The van der Waals surface area contributed by atoms with Crippen LogP contribution >= 0.6 is 11.8 Å². The first kappa shape index (κ1) is 13.7. The minimum atomic E-state index is 0.192. The molecule has 0 bridgehead atoms. The number of anilines is 1. The Hall–Kier alpha value is -0.770. The van der Waals surface area contributed by atoms with Crippen molar-refractivity contribution in [2.24, 2.45) is 0 Å². The highest BCUT2D eigenvalue weighted by atomic mass is 32.2. The maximum Gasteiger partial charge on any atom is 0.135 e. The molecule has 1 heterocycles. The van der Waals surface area contributed by atoms with Crippen LogP contribution in [-0.4, -0.2) is 21.3 Å². The number of rotatable bonds is 5. The van der Waals surface area contributed by atoms with Crippen LogP contribution in [0, 0.1) is 0 Å². The average molecular weight is 265 g/mol. The lowest BCUT2D eigenvalue weighted by molar-refractivity contribution is 0.793.